The van der Waals surface area contributed by atoms with Crippen LogP contribution in [-0.4, -0.2) is 43.1 Å². The summed E-state index contributed by atoms with van der Waals surface area (Å²) in [5.41, 5.74) is 7.05. The maximum Gasteiger partial charge on any atom is 0.128 e. The molecule has 0 amide bonds. The zero-order valence-corrected chi connectivity index (χ0v) is 11.5. The van der Waals surface area contributed by atoms with Crippen LogP contribution < -0.4 is 10.6 Å². The van der Waals surface area contributed by atoms with Crippen LogP contribution in [0.1, 0.15) is 31.4 Å². The molecule has 1 fully saturated rings. The van der Waals surface area contributed by atoms with Gasteiger partial charge >= 0.3 is 0 Å². The molecule has 2 rings (SSSR count). The van der Waals surface area contributed by atoms with Crippen molar-refractivity contribution in [2.45, 2.75) is 25.8 Å². The van der Waals surface area contributed by atoms with Crippen LogP contribution in [0.3, 0.4) is 0 Å². The second-order valence-corrected chi connectivity index (χ2v) is 5.21. The highest BCUT2D eigenvalue weighted by Gasteiger charge is 2.12. The van der Waals surface area contributed by atoms with Crippen molar-refractivity contribution in [2.75, 3.05) is 38.1 Å². The number of likely N-dealkylation sites (N-methyl/N-ethyl adjacent to an activating group) is 1. The van der Waals surface area contributed by atoms with E-state index in [-0.39, 0.29) is 6.04 Å². The summed E-state index contributed by atoms with van der Waals surface area (Å²) in [6.45, 7) is 6.65. The first-order chi connectivity index (χ1) is 8.66. The molecule has 1 aromatic heterocycles. The first-order valence-electron chi connectivity index (χ1n) is 6.82. The Hall–Kier alpha value is -1.13. The van der Waals surface area contributed by atoms with Crippen LogP contribution >= 0.6 is 0 Å². The maximum absolute atomic E-state index is 5.90. The van der Waals surface area contributed by atoms with Crippen LogP contribution in [0.15, 0.2) is 18.3 Å². The minimum atomic E-state index is 0.0683. The Balaban J connectivity index is 1.91. The average Bonchev–Trinajstić information content (AvgIpc) is 2.89. The molecule has 4 heteroatoms. The maximum atomic E-state index is 5.90. The van der Waals surface area contributed by atoms with Crippen LogP contribution in [0.5, 0.6) is 0 Å². The standard InChI is InChI=1S/C14H24N4/c1-12(15)13-5-6-16-14(11-13)17(2)9-10-18-7-3-4-8-18/h5-6,11-12H,3-4,7-10,15H2,1-2H3/t12-/m0/s1. The molecule has 0 saturated carbocycles. The second-order valence-electron chi connectivity index (χ2n) is 5.21. The Kier molecular flexibility index (Phi) is 4.55. The average molecular weight is 248 g/mol. The van der Waals surface area contributed by atoms with E-state index in [0.29, 0.717) is 0 Å². The molecule has 1 aliphatic rings. The zero-order valence-electron chi connectivity index (χ0n) is 11.5. The molecule has 0 radical (unpaired) electrons. The Bertz CT molecular complexity index is 372. The molecule has 0 spiro atoms. The number of likely N-dealkylation sites (tertiary alicyclic amines) is 1. The number of hydrogen-bond donors (Lipinski definition) is 1. The monoisotopic (exact) mass is 248 g/mol. The van der Waals surface area contributed by atoms with Crippen molar-refractivity contribution in [1.82, 2.24) is 9.88 Å². The molecule has 1 aliphatic heterocycles. The Labute approximate surface area is 110 Å². The van der Waals surface area contributed by atoms with E-state index in [1.165, 1.54) is 25.9 Å². The van der Waals surface area contributed by atoms with E-state index in [1.807, 2.05) is 19.2 Å². The van der Waals surface area contributed by atoms with Crippen molar-refractivity contribution in [3.63, 3.8) is 0 Å². The van der Waals surface area contributed by atoms with E-state index in [9.17, 15) is 0 Å². The van der Waals surface area contributed by atoms with E-state index in [0.717, 1.165) is 24.5 Å². The Morgan fingerprint density at radius 3 is 2.83 bits per heavy atom. The van der Waals surface area contributed by atoms with Crippen LogP contribution in [0.4, 0.5) is 5.82 Å². The van der Waals surface area contributed by atoms with Gasteiger partial charge in [0.05, 0.1) is 0 Å². The largest absolute Gasteiger partial charge is 0.358 e. The number of aromatic nitrogens is 1. The quantitative estimate of drug-likeness (QED) is 0.860. The van der Waals surface area contributed by atoms with Gasteiger partial charge in [0.2, 0.25) is 0 Å². The lowest BCUT2D eigenvalue weighted by Crippen LogP contribution is -2.31. The van der Waals surface area contributed by atoms with Crippen molar-refractivity contribution in [3.05, 3.63) is 23.9 Å². The van der Waals surface area contributed by atoms with Crippen LogP contribution in [0, 0.1) is 0 Å². The fourth-order valence-corrected chi connectivity index (χ4v) is 2.34. The van der Waals surface area contributed by atoms with Gasteiger partial charge in [0.25, 0.3) is 0 Å². The van der Waals surface area contributed by atoms with Crippen LogP contribution in [-0.2, 0) is 0 Å². The second kappa shape index (κ2) is 6.16. The van der Waals surface area contributed by atoms with E-state index < -0.39 is 0 Å². The highest BCUT2D eigenvalue weighted by molar-refractivity contribution is 5.40. The summed E-state index contributed by atoms with van der Waals surface area (Å²) in [6.07, 6.45) is 4.55. The molecule has 100 valence electrons. The summed E-state index contributed by atoms with van der Waals surface area (Å²) >= 11 is 0. The third kappa shape index (κ3) is 3.43. The highest BCUT2D eigenvalue weighted by Crippen LogP contribution is 2.16. The SMILES string of the molecule is C[C@H](N)c1ccnc(N(C)CCN2CCCC2)c1. The van der Waals surface area contributed by atoms with Gasteiger partial charge in [-0.3, -0.25) is 0 Å². The zero-order chi connectivity index (χ0) is 13.0. The van der Waals surface area contributed by atoms with Gasteiger partial charge in [-0.15, -0.1) is 0 Å². The minimum absolute atomic E-state index is 0.0683. The number of anilines is 1. The van der Waals surface area contributed by atoms with Crippen molar-refractivity contribution in [2.24, 2.45) is 5.73 Å². The number of rotatable bonds is 5. The predicted molar refractivity (Wildman–Crippen MR) is 75.8 cm³/mol. The molecule has 1 saturated heterocycles. The lowest BCUT2D eigenvalue weighted by molar-refractivity contribution is 0.346. The molecular formula is C14H24N4. The van der Waals surface area contributed by atoms with Gasteiger partial charge in [-0.25, -0.2) is 4.98 Å². The number of pyridine rings is 1. The number of nitrogens with zero attached hydrogens (tertiary/aromatic N) is 3. The first-order valence-corrected chi connectivity index (χ1v) is 6.82. The fraction of sp³-hybridized carbons (Fsp3) is 0.643. The van der Waals surface area contributed by atoms with Crippen molar-refractivity contribution < 1.29 is 0 Å². The van der Waals surface area contributed by atoms with Crippen LogP contribution in [0.25, 0.3) is 0 Å². The van der Waals surface area contributed by atoms with Gasteiger partial charge in [0.15, 0.2) is 0 Å². The van der Waals surface area contributed by atoms with Gasteiger partial charge in [-0.2, -0.15) is 0 Å². The fourth-order valence-electron chi connectivity index (χ4n) is 2.34. The molecule has 0 aromatic carbocycles. The Morgan fingerprint density at radius 2 is 2.17 bits per heavy atom. The topological polar surface area (TPSA) is 45.4 Å². The molecule has 0 bridgehead atoms. The molecular weight excluding hydrogens is 224 g/mol. The van der Waals surface area contributed by atoms with E-state index >= 15 is 0 Å². The summed E-state index contributed by atoms with van der Waals surface area (Å²) < 4.78 is 0. The molecule has 0 unspecified atom stereocenters. The highest BCUT2D eigenvalue weighted by atomic mass is 15.2. The molecule has 2 heterocycles. The lowest BCUT2D eigenvalue weighted by Gasteiger charge is -2.23. The summed E-state index contributed by atoms with van der Waals surface area (Å²) in [4.78, 5) is 9.15. The van der Waals surface area contributed by atoms with Gasteiger partial charge in [0, 0.05) is 32.4 Å². The molecule has 0 aliphatic carbocycles. The predicted octanol–water partition coefficient (Wildman–Crippen LogP) is 1.63. The third-order valence-corrected chi connectivity index (χ3v) is 3.64. The van der Waals surface area contributed by atoms with Crippen molar-refractivity contribution in [3.8, 4) is 0 Å². The van der Waals surface area contributed by atoms with E-state index in [2.05, 4.69) is 27.9 Å². The normalized spacial score (nSPS) is 17.9. The lowest BCUT2D eigenvalue weighted by atomic mass is 10.1. The molecule has 2 N–H and O–H groups in total. The third-order valence-electron chi connectivity index (χ3n) is 3.64. The van der Waals surface area contributed by atoms with Crippen molar-refractivity contribution in [1.29, 1.82) is 0 Å². The summed E-state index contributed by atoms with van der Waals surface area (Å²) in [5, 5.41) is 0. The molecule has 4 nitrogen and oxygen atoms in total. The first kappa shape index (κ1) is 13.3. The van der Waals surface area contributed by atoms with Gasteiger partial charge in [0.1, 0.15) is 5.82 Å². The van der Waals surface area contributed by atoms with E-state index in [4.69, 9.17) is 5.73 Å². The Morgan fingerprint density at radius 1 is 1.44 bits per heavy atom. The molecule has 1 aromatic rings. The van der Waals surface area contributed by atoms with Crippen LogP contribution in [0.2, 0.25) is 0 Å². The van der Waals surface area contributed by atoms with E-state index in [1.54, 1.807) is 0 Å². The van der Waals surface area contributed by atoms with Gasteiger partial charge in [-0.05, 0) is 50.6 Å². The summed E-state index contributed by atoms with van der Waals surface area (Å²) in [5.74, 6) is 1.02. The summed E-state index contributed by atoms with van der Waals surface area (Å²) in [7, 11) is 2.10. The smallest absolute Gasteiger partial charge is 0.128 e. The summed E-state index contributed by atoms with van der Waals surface area (Å²) in [6, 6.07) is 4.15. The van der Waals surface area contributed by atoms with Gasteiger partial charge < -0.3 is 15.5 Å². The molecule has 1 atom stereocenters. The van der Waals surface area contributed by atoms with Crippen molar-refractivity contribution >= 4 is 5.82 Å². The minimum Gasteiger partial charge on any atom is -0.358 e. The van der Waals surface area contributed by atoms with Gasteiger partial charge in [-0.1, -0.05) is 0 Å². The molecule has 18 heavy (non-hydrogen) atoms. The number of nitrogens with two attached hydrogens (primary N) is 1. The number of hydrogen-bond acceptors (Lipinski definition) is 4.